The van der Waals surface area contributed by atoms with Crippen molar-refractivity contribution in [3.8, 4) is 5.75 Å². The van der Waals surface area contributed by atoms with E-state index < -0.39 is 0 Å². The van der Waals surface area contributed by atoms with Crippen LogP contribution in [0.2, 0.25) is 0 Å². The second-order valence-electron chi connectivity index (χ2n) is 4.28. The Kier molecular flexibility index (Phi) is 7.13. The van der Waals surface area contributed by atoms with Gasteiger partial charge in [-0.05, 0) is 32.0 Å². The summed E-state index contributed by atoms with van der Waals surface area (Å²) in [7, 11) is 2.00. The normalized spacial score (nSPS) is 14.2. The minimum Gasteiger partial charge on any atom is -0.492 e. The third kappa shape index (κ3) is 4.86. The molecule has 0 aromatic carbocycles. The Hall–Kier alpha value is -0.740. The first-order valence-electron chi connectivity index (χ1n) is 6.57. The van der Waals surface area contributed by atoms with Crippen LogP contribution in [0.1, 0.15) is 38.8 Å². The maximum absolute atomic E-state index is 5.49. The summed E-state index contributed by atoms with van der Waals surface area (Å²) in [5.41, 5.74) is 1.19. The molecule has 1 aromatic rings. The van der Waals surface area contributed by atoms with E-state index in [4.69, 9.17) is 4.74 Å². The van der Waals surface area contributed by atoms with E-state index in [0.717, 1.165) is 11.5 Å². The van der Waals surface area contributed by atoms with Crippen molar-refractivity contribution in [2.45, 2.75) is 38.5 Å². The SMILES string of the molecule is CCOc1cncc(C(CSC(C)CC)NC)c1. The summed E-state index contributed by atoms with van der Waals surface area (Å²) in [6.07, 6.45) is 4.89. The Balaban J connectivity index is 2.66. The zero-order chi connectivity index (χ0) is 13.4. The summed E-state index contributed by atoms with van der Waals surface area (Å²) in [5, 5.41) is 4.05. The highest BCUT2D eigenvalue weighted by Gasteiger charge is 2.12. The number of ether oxygens (including phenoxy) is 1. The van der Waals surface area contributed by atoms with E-state index in [2.05, 4.69) is 30.2 Å². The van der Waals surface area contributed by atoms with Crippen LogP contribution < -0.4 is 10.1 Å². The van der Waals surface area contributed by atoms with Crippen LogP contribution in [0, 0.1) is 0 Å². The van der Waals surface area contributed by atoms with Crippen LogP contribution in [0.15, 0.2) is 18.5 Å². The van der Waals surface area contributed by atoms with Crippen molar-refractivity contribution in [2.24, 2.45) is 0 Å². The number of thioether (sulfide) groups is 1. The van der Waals surface area contributed by atoms with Crippen LogP contribution in [0.25, 0.3) is 0 Å². The smallest absolute Gasteiger partial charge is 0.137 e. The molecule has 3 nitrogen and oxygen atoms in total. The van der Waals surface area contributed by atoms with Crippen LogP contribution in [0.3, 0.4) is 0 Å². The van der Waals surface area contributed by atoms with Gasteiger partial charge in [0.1, 0.15) is 5.75 Å². The van der Waals surface area contributed by atoms with Gasteiger partial charge in [0.15, 0.2) is 0 Å². The van der Waals surface area contributed by atoms with Crippen LogP contribution >= 0.6 is 11.8 Å². The van der Waals surface area contributed by atoms with E-state index in [1.807, 2.05) is 31.9 Å². The first-order chi connectivity index (χ1) is 8.71. The van der Waals surface area contributed by atoms with E-state index in [0.29, 0.717) is 17.9 Å². The van der Waals surface area contributed by atoms with Gasteiger partial charge in [-0.2, -0.15) is 11.8 Å². The molecular formula is C14H24N2OS. The van der Waals surface area contributed by atoms with Crippen LogP contribution in [0.4, 0.5) is 0 Å². The summed E-state index contributed by atoms with van der Waals surface area (Å²) >= 11 is 1.99. The Morgan fingerprint density at radius 2 is 2.17 bits per heavy atom. The lowest BCUT2D eigenvalue weighted by molar-refractivity contribution is 0.338. The second kappa shape index (κ2) is 8.38. The van der Waals surface area contributed by atoms with Crippen molar-refractivity contribution in [3.05, 3.63) is 24.0 Å². The Labute approximate surface area is 115 Å². The van der Waals surface area contributed by atoms with Gasteiger partial charge >= 0.3 is 0 Å². The second-order valence-corrected chi connectivity index (χ2v) is 5.75. The van der Waals surface area contributed by atoms with Gasteiger partial charge in [-0.25, -0.2) is 0 Å². The molecule has 0 aliphatic rings. The topological polar surface area (TPSA) is 34.1 Å². The third-order valence-electron chi connectivity index (χ3n) is 2.92. The Morgan fingerprint density at radius 1 is 1.39 bits per heavy atom. The van der Waals surface area contributed by atoms with Gasteiger partial charge in [0.25, 0.3) is 0 Å². The molecule has 0 fully saturated rings. The van der Waals surface area contributed by atoms with Gasteiger partial charge < -0.3 is 10.1 Å². The first kappa shape index (κ1) is 15.3. The fourth-order valence-corrected chi connectivity index (χ4v) is 2.71. The maximum Gasteiger partial charge on any atom is 0.137 e. The van der Waals surface area contributed by atoms with Gasteiger partial charge in [-0.15, -0.1) is 0 Å². The highest BCUT2D eigenvalue weighted by atomic mass is 32.2. The first-order valence-corrected chi connectivity index (χ1v) is 7.62. The van der Waals surface area contributed by atoms with Crippen molar-refractivity contribution in [3.63, 3.8) is 0 Å². The number of hydrogen-bond acceptors (Lipinski definition) is 4. The minimum atomic E-state index is 0.330. The molecule has 1 rings (SSSR count). The molecule has 0 aliphatic carbocycles. The van der Waals surface area contributed by atoms with Crippen molar-refractivity contribution in [1.29, 1.82) is 0 Å². The third-order valence-corrected chi connectivity index (χ3v) is 4.35. The largest absolute Gasteiger partial charge is 0.492 e. The van der Waals surface area contributed by atoms with E-state index in [1.165, 1.54) is 12.0 Å². The average molecular weight is 268 g/mol. The van der Waals surface area contributed by atoms with Crippen molar-refractivity contribution in [2.75, 3.05) is 19.4 Å². The molecular weight excluding hydrogens is 244 g/mol. The zero-order valence-electron chi connectivity index (χ0n) is 11.8. The van der Waals surface area contributed by atoms with Crippen molar-refractivity contribution >= 4 is 11.8 Å². The Morgan fingerprint density at radius 3 is 2.78 bits per heavy atom. The van der Waals surface area contributed by atoms with Crippen LogP contribution in [-0.2, 0) is 0 Å². The minimum absolute atomic E-state index is 0.330. The predicted molar refractivity (Wildman–Crippen MR) is 79.4 cm³/mol. The molecule has 0 bridgehead atoms. The summed E-state index contributed by atoms with van der Waals surface area (Å²) < 4.78 is 5.49. The number of pyridine rings is 1. The quantitative estimate of drug-likeness (QED) is 0.784. The molecule has 0 spiro atoms. The molecule has 18 heavy (non-hydrogen) atoms. The summed E-state index contributed by atoms with van der Waals surface area (Å²) in [4.78, 5) is 4.25. The lowest BCUT2D eigenvalue weighted by Gasteiger charge is -2.18. The molecule has 1 heterocycles. The zero-order valence-corrected chi connectivity index (χ0v) is 12.6. The lowest BCUT2D eigenvalue weighted by Crippen LogP contribution is -2.20. The number of aromatic nitrogens is 1. The van der Waals surface area contributed by atoms with Crippen molar-refractivity contribution in [1.82, 2.24) is 10.3 Å². The van der Waals surface area contributed by atoms with E-state index in [-0.39, 0.29) is 0 Å². The highest BCUT2D eigenvalue weighted by Crippen LogP contribution is 2.24. The predicted octanol–water partition coefficient (Wildman–Crippen LogP) is 3.27. The van der Waals surface area contributed by atoms with Gasteiger partial charge in [0.05, 0.1) is 12.8 Å². The molecule has 2 atom stereocenters. The number of nitrogens with one attached hydrogen (secondary N) is 1. The molecule has 0 saturated carbocycles. The number of nitrogens with zero attached hydrogens (tertiary/aromatic N) is 1. The lowest BCUT2D eigenvalue weighted by atomic mass is 10.1. The molecule has 1 aromatic heterocycles. The molecule has 0 radical (unpaired) electrons. The van der Waals surface area contributed by atoms with Crippen LogP contribution in [-0.4, -0.2) is 29.6 Å². The average Bonchev–Trinajstić information content (AvgIpc) is 2.40. The van der Waals surface area contributed by atoms with Gasteiger partial charge in [0.2, 0.25) is 0 Å². The standard InChI is InChI=1S/C14H24N2OS/c1-5-11(3)18-10-14(15-4)12-7-13(17-6-2)9-16-8-12/h7-9,11,14-15H,5-6,10H2,1-4H3. The highest BCUT2D eigenvalue weighted by molar-refractivity contribution is 7.99. The molecule has 4 heteroatoms. The van der Waals surface area contributed by atoms with Gasteiger partial charge in [-0.1, -0.05) is 13.8 Å². The van der Waals surface area contributed by atoms with Gasteiger partial charge in [-0.3, -0.25) is 4.98 Å². The van der Waals surface area contributed by atoms with Crippen molar-refractivity contribution < 1.29 is 4.74 Å². The Bertz CT molecular complexity index is 346. The molecule has 1 N–H and O–H groups in total. The van der Waals surface area contributed by atoms with E-state index in [9.17, 15) is 0 Å². The number of hydrogen-bond donors (Lipinski definition) is 1. The number of rotatable bonds is 8. The summed E-state index contributed by atoms with van der Waals surface area (Å²) in [6.45, 7) is 7.16. The molecule has 2 unspecified atom stereocenters. The summed E-state index contributed by atoms with van der Waals surface area (Å²) in [5.74, 6) is 1.91. The monoisotopic (exact) mass is 268 g/mol. The summed E-state index contributed by atoms with van der Waals surface area (Å²) in [6, 6.07) is 2.41. The molecule has 0 aliphatic heterocycles. The fourth-order valence-electron chi connectivity index (χ4n) is 1.60. The van der Waals surface area contributed by atoms with E-state index in [1.54, 1.807) is 6.20 Å². The maximum atomic E-state index is 5.49. The van der Waals surface area contributed by atoms with Gasteiger partial charge in [0, 0.05) is 23.2 Å². The van der Waals surface area contributed by atoms with E-state index >= 15 is 0 Å². The fraction of sp³-hybridized carbons (Fsp3) is 0.643. The van der Waals surface area contributed by atoms with Crippen LogP contribution in [0.5, 0.6) is 5.75 Å². The molecule has 0 saturated heterocycles. The molecule has 102 valence electrons. The molecule has 0 amide bonds.